The molecule has 0 aromatic heterocycles. The molecule has 142 valence electrons. The van der Waals surface area contributed by atoms with Crippen LogP contribution in [0.3, 0.4) is 0 Å². The Kier molecular flexibility index (Phi) is 7.63. The van der Waals surface area contributed by atoms with Gasteiger partial charge in [-0.3, -0.25) is 9.59 Å². The van der Waals surface area contributed by atoms with Gasteiger partial charge in [-0.25, -0.2) is 4.79 Å². The molecule has 0 heterocycles. The zero-order valence-corrected chi connectivity index (χ0v) is 15.5. The van der Waals surface area contributed by atoms with E-state index >= 15 is 0 Å². The molecule has 1 aromatic carbocycles. The van der Waals surface area contributed by atoms with Crippen LogP contribution in [0.5, 0.6) is 0 Å². The molecule has 1 aliphatic carbocycles. The first kappa shape index (κ1) is 19.9. The van der Waals surface area contributed by atoms with Crippen molar-refractivity contribution in [3.63, 3.8) is 0 Å². The van der Waals surface area contributed by atoms with E-state index in [2.05, 4.69) is 10.6 Å². The number of carbonyl (C=O) groups is 3. The molecule has 26 heavy (non-hydrogen) atoms. The number of ether oxygens (including phenoxy) is 1. The smallest absolute Gasteiger partial charge is 0.328 e. The average molecular weight is 360 g/mol. The Bertz CT molecular complexity index is 611. The van der Waals surface area contributed by atoms with Gasteiger partial charge < -0.3 is 15.4 Å². The molecule has 6 nitrogen and oxygen atoms in total. The largest absolute Gasteiger partial charge is 0.467 e. The monoisotopic (exact) mass is 360 g/mol. The third-order valence-corrected chi connectivity index (χ3v) is 4.80. The van der Waals surface area contributed by atoms with Gasteiger partial charge in [-0.2, -0.15) is 0 Å². The van der Waals surface area contributed by atoms with E-state index in [9.17, 15) is 14.4 Å². The minimum Gasteiger partial charge on any atom is -0.467 e. The quantitative estimate of drug-likeness (QED) is 0.694. The van der Waals surface area contributed by atoms with E-state index in [0.29, 0.717) is 18.8 Å². The molecule has 0 saturated heterocycles. The number of esters is 1. The van der Waals surface area contributed by atoms with Crippen LogP contribution in [0.25, 0.3) is 0 Å². The van der Waals surface area contributed by atoms with Crippen molar-refractivity contribution in [2.75, 3.05) is 7.11 Å². The van der Waals surface area contributed by atoms with E-state index in [1.807, 2.05) is 30.3 Å². The molecule has 2 N–H and O–H groups in total. The summed E-state index contributed by atoms with van der Waals surface area (Å²) in [7, 11) is 1.29. The van der Waals surface area contributed by atoms with Gasteiger partial charge in [0.1, 0.15) is 12.1 Å². The van der Waals surface area contributed by atoms with Crippen molar-refractivity contribution in [3.05, 3.63) is 35.9 Å². The summed E-state index contributed by atoms with van der Waals surface area (Å²) in [6, 6.07) is 7.91. The van der Waals surface area contributed by atoms with Crippen molar-refractivity contribution >= 4 is 17.8 Å². The predicted octanol–water partition coefficient (Wildman–Crippen LogP) is 1.97. The fourth-order valence-corrected chi connectivity index (χ4v) is 3.32. The van der Waals surface area contributed by atoms with Gasteiger partial charge >= 0.3 is 5.97 Å². The van der Waals surface area contributed by atoms with Crippen molar-refractivity contribution in [1.82, 2.24) is 10.6 Å². The summed E-state index contributed by atoms with van der Waals surface area (Å²) in [6.45, 7) is 1.62. The number of hydrogen-bond donors (Lipinski definition) is 2. The first-order valence-corrected chi connectivity index (χ1v) is 9.21. The number of hydrogen-bond acceptors (Lipinski definition) is 4. The molecule has 0 bridgehead atoms. The van der Waals surface area contributed by atoms with E-state index in [0.717, 1.165) is 18.4 Å². The van der Waals surface area contributed by atoms with Crippen molar-refractivity contribution < 1.29 is 19.1 Å². The van der Waals surface area contributed by atoms with Crippen LogP contribution in [0.4, 0.5) is 0 Å². The fourth-order valence-electron chi connectivity index (χ4n) is 3.32. The zero-order chi connectivity index (χ0) is 18.9. The maximum Gasteiger partial charge on any atom is 0.328 e. The molecular weight excluding hydrogens is 332 g/mol. The summed E-state index contributed by atoms with van der Waals surface area (Å²) in [4.78, 5) is 36.5. The molecule has 6 heteroatoms. The lowest BCUT2D eigenvalue weighted by molar-refractivity contribution is -0.145. The molecule has 0 spiro atoms. The van der Waals surface area contributed by atoms with E-state index in [1.165, 1.54) is 20.0 Å². The molecule has 0 radical (unpaired) electrons. The summed E-state index contributed by atoms with van der Waals surface area (Å²) in [5.41, 5.74) is 0.918. The number of amides is 2. The van der Waals surface area contributed by atoms with Gasteiger partial charge in [-0.05, 0) is 31.2 Å². The number of carbonyl (C=O) groups excluding carboxylic acids is 3. The molecule has 0 unspecified atom stereocenters. The molecular formula is C20H28N2O4. The molecule has 0 aliphatic heterocycles. The first-order chi connectivity index (χ1) is 12.5. The van der Waals surface area contributed by atoms with Crippen LogP contribution in [0.1, 0.15) is 44.6 Å². The zero-order valence-electron chi connectivity index (χ0n) is 15.5. The second-order valence-corrected chi connectivity index (χ2v) is 6.92. The summed E-state index contributed by atoms with van der Waals surface area (Å²) >= 11 is 0. The summed E-state index contributed by atoms with van der Waals surface area (Å²) in [5, 5.41) is 5.42. The Morgan fingerprint density at radius 1 is 1.12 bits per heavy atom. The summed E-state index contributed by atoms with van der Waals surface area (Å²) < 4.78 is 4.79. The van der Waals surface area contributed by atoms with Crippen molar-refractivity contribution in [1.29, 1.82) is 0 Å². The Balaban J connectivity index is 1.88. The second kappa shape index (κ2) is 9.94. The number of methoxy groups -OCH3 is 1. The molecule has 2 amide bonds. The highest BCUT2D eigenvalue weighted by molar-refractivity contribution is 5.90. The van der Waals surface area contributed by atoms with Gasteiger partial charge in [0.2, 0.25) is 11.8 Å². The lowest BCUT2D eigenvalue weighted by Crippen LogP contribution is -2.51. The minimum absolute atomic E-state index is 0.114. The highest BCUT2D eigenvalue weighted by atomic mass is 16.5. The average Bonchev–Trinajstić information content (AvgIpc) is 3.14. The second-order valence-electron chi connectivity index (χ2n) is 6.92. The normalized spacial score (nSPS) is 16.5. The molecule has 2 atom stereocenters. The molecule has 1 saturated carbocycles. The molecule has 1 aromatic rings. The highest BCUT2D eigenvalue weighted by Crippen LogP contribution is 2.27. The SMILES string of the molecule is COC(=O)[C@H](Cc1ccccc1)NC(=O)[C@H](C)NC(=O)CC1CCCC1. The van der Waals surface area contributed by atoms with E-state index in [4.69, 9.17) is 4.74 Å². The fraction of sp³-hybridized carbons (Fsp3) is 0.550. The first-order valence-electron chi connectivity index (χ1n) is 9.21. The van der Waals surface area contributed by atoms with Gasteiger partial charge in [0.15, 0.2) is 0 Å². The van der Waals surface area contributed by atoms with Crippen molar-refractivity contribution in [2.24, 2.45) is 5.92 Å². The highest BCUT2D eigenvalue weighted by Gasteiger charge is 2.26. The van der Waals surface area contributed by atoms with Gasteiger partial charge in [0.05, 0.1) is 7.11 Å². The summed E-state index contributed by atoms with van der Waals surface area (Å²) in [5.74, 6) is -0.592. The summed E-state index contributed by atoms with van der Waals surface area (Å²) in [6.07, 6.45) is 5.30. The van der Waals surface area contributed by atoms with Crippen molar-refractivity contribution in [3.8, 4) is 0 Å². The Hall–Kier alpha value is -2.37. The lowest BCUT2D eigenvalue weighted by atomic mass is 10.0. The van der Waals surface area contributed by atoms with E-state index in [1.54, 1.807) is 6.92 Å². The van der Waals surface area contributed by atoms with Crippen LogP contribution in [0.2, 0.25) is 0 Å². The third-order valence-electron chi connectivity index (χ3n) is 4.80. The maximum absolute atomic E-state index is 12.4. The standard InChI is InChI=1S/C20H28N2O4/c1-14(21-18(23)13-16-10-6-7-11-16)19(24)22-17(20(25)26-2)12-15-8-4-3-5-9-15/h3-5,8-9,14,16-17H,6-7,10-13H2,1-2H3,(H,21,23)(H,22,24)/t14-,17-/m0/s1. The number of benzene rings is 1. The Morgan fingerprint density at radius 2 is 1.77 bits per heavy atom. The predicted molar refractivity (Wildman–Crippen MR) is 98.3 cm³/mol. The Labute approximate surface area is 154 Å². The lowest BCUT2D eigenvalue weighted by Gasteiger charge is -2.20. The minimum atomic E-state index is -0.788. The molecule has 1 fully saturated rings. The van der Waals surface area contributed by atoms with Crippen LogP contribution in [0, 0.1) is 5.92 Å². The van der Waals surface area contributed by atoms with E-state index in [-0.39, 0.29) is 5.91 Å². The molecule has 2 rings (SSSR count). The topological polar surface area (TPSA) is 84.5 Å². The number of rotatable bonds is 8. The van der Waals surface area contributed by atoms with Crippen LogP contribution < -0.4 is 10.6 Å². The van der Waals surface area contributed by atoms with Crippen LogP contribution in [-0.4, -0.2) is 37.0 Å². The third kappa shape index (κ3) is 6.17. The van der Waals surface area contributed by atoms with Gasteiger partial charge in [0.25, 0.3) is 0 Å². The van der Waals surface area contributed by atoms with Gasteiger partial charge in [0, 0.05) is 12.8 Å². The van der Waals surface area contributed by atoms with Gasteiger partial charge in [-0.1, -0.05) is 43.2 Å². The number of nitrogens with one attached hydrogen (secondary N) is 2. The van der Waals surface area contributed by atoms with Gasteiger partial charge in [-0.15, -0.1) is 0 Å². The molecule has 1 aliphatic rings. The van der Waals surface area contributed by atoms with E-state index < -0.39 is 24.0 Å². The van der Waals surface area contributed by atoms with Crippen LogP contribution in [-0.2, 0) is 25.5 Å². The van der Waals surface area contributed by atoms with Crippen LogP contribution >= 0.6 is 0 Å². The maximum atomic E-state index is 12.4. The Morgan fingerprint density at radius 3 is 2.38 bits per heavy atom. The van der Waals surface area contributed by atoms with Crippen molar-refractivity contribution in [2.45, 2.75) is 57.5 Å². The van der Waals surface area contributed by atoms with Crippen LogP contribution in [0.15, 0.2) is 30.3 Å².